The first kappa shape index (κ1) is 20.2. The fraction of sp³-hybridized carbons (Fsp3) is 0.333. The average Bonchev–Trinajstić information content (AvgIpc) is 3.19. The van der Waals surface area contributed by atoms with E-state index in [4.69, 9.17) is 11.6 Å². The molecule has 1 atom stereocenters. The van der Waals surface area contributed by atoms with Gasteiger partial charge in [0, 0.05) is 31.6 Å². The Hall–Kier alpha value is -2.52. The first-order chi connectivity index (χ1) is 13.3. The molecule has 0 unspecified atom stereocenters. The molecule has 2 fully saturated rings. The van der Waals surface area contributed by atoms with Crippen LogP contribution < -0.4 is 20.9 Å². The molecule has 1 aromatic carbocycles. The summed E-state index contributed by atoms with van der Waals surface area (Å²) in [7, 11) is 0. The van der Waals surface area contributed by atoms with E-state index in [9.17, 15) is 19.2 Å². The van der Waals surface area contributed by atoms with Crippen molar-refractivity contribution in [1.29, 1.82) is 0 Å². The Morgan fingerprint density at radius 3 is 2.86 bits per heavy atom. The third-order valence-corrected chi connectivity index (χ3v) is 5.43. The Morgan fingerprint density at radius 1 is 1.39 bits per heavy atom. The van der Waals surface area contributed by atoms with Gasteiger partial charge < -0.3 is 15.5 Å². The minimum absolute atomic E-state index is 0.0599. The van der Waals surface area contributed by atoms with Crippen LogP contribution in [-0.2, 0) is 14.4 Å². The number of rotatable bonds is 5. The molecule has 0 saturated carbocycles. The molecule has 3 rings (SSSR count). The van der Waals surface area contributed by atoms with Gasteiger partial charge in [0.05, 0.1) is 22.2 Å². The summed E-state index contributed by atoms with van der Waals surface area (Å²) in [4.78, 5) is 48.4. The molecule has 2 saturated heterocycles. The monoisotopic (exact) mass is 422 g/mol. The van der Waals surface area contributed by atoms with Gasteiger partial charge in [-0.1, -0.05) is 23.7 Å². The van der Waals surface area contributed by atoms with Crippen molar-refractivity contribution in [3.63, 3.8) is 0 Å². The van der Waals surface area contributed by atoms with E-state index >= 15 is 0 Å². The molecule has 0 spiro atoms. The first-order valence-electron chi connectivity index (χ1n) is 8.65. The van der Waals surface area contributed by atoms with Gasteiger partial charge in [-0.15, -0.1) is 0 Å². The van der Waals surface area contributed by atoms with Crippen LogP contribution in [0.2, 0.25) is 5.02 Å². The van der Waals surface area contributed by atoms with E-state index in [1.54, 1.807) is 18.2 Å². The Kier molecular flexibility index (Phi) is 6.25. The molecule has 3 N–H and O–H groups in total. The Bertz CT molecular complexity index is 873. The zero-order valence-electron chi connectivity index (χ0n) is 15.1. The number of carbonyl (C=O) groups is 4. The van der Waals surface area contributed by atoms with E-state index < -0.39 is 11.1 Å². The molecule has 4 amide bonds. The molecule has 8 nitrogen and oxygen atoms in total. The Balaban J connectivity index is 1.73. The number of para-hydroxylation sites is 1. The summed E-state index contributed by atoms with van der Waals surface area (Å²) in [6.45, 7) is 2.51. The van der Waals surface area contributed by atoms with Crippen LogP contribution in [0.4, 0.5) is 10.5 Å². The second-order valence-corrected chi connectivity index (χ2v) is 7.86. The van der Waals surface area contributed by atoms with Crippen molar-refractivity contribution in [2.45, 2.75) is 19.4 Å². The summed E-state index contributed by atoms with van der Waals surface area (Å²) < 4.78 is 0. The van der Waals surface area contributed by atoms with E-state index in [0.29, 0.717) is 23.0 Å². The van der Waals surface area contributed by atoms with Crippen molar-refractivity contribution >= 4 is 58.1 Å². The van der Waals surface area contributed by atoms with Gasteiger partial charge in [0.2, 0.25) is 11.8 Å². The van der Waals surface area contributed by atoms with Crippen molar-refractivity contribution in [3.05, 3.63) is 33.7 Å². The van der Waals surface area contributed by atoms with E-state index in [0.717, 1.165) is 29.4 Å². The van der Waals surface area contributed by atoms with Gasteiger partial charge in [0.25, 0.3) is 11.1 Å². The topological polar surface area (TPSA) is 108 Å². The molecule has 0 aromatic heterocycles. The fourth-order valence-corrected chi connectivity index (χ4v) is 4.08. The van der Waals surface area contributed by atoms with Gasteiger partial charge in [0.15, 0.2) is 0 Å². The minimum Gasteiger partial charge on any atom is -0.368 e. The fourth-order valence-electron chi connectivity index (χ4n) is 3.11. The predicted octanol–water partition coefficient (Wildman–Crippen LogP) is 1.49. The Morgan fingerprint density at radius 2 is 2.18 bits per heavy atom. The van der Waals surface area contributed by atoms with Crippen LogP contribution in [-0.4, -0.2) is 48.6 Å². The minimum atomic E-state index is -0.426. The summed E-state index contributed by atoms with van der Waals surface area (Å²) >= 11 is 7.27. The largest absolute Gasteiger partial charge is 0.368 e. The lowest BCUT2D eigenvalue weighted by Gasteiger charge is -2.23. The number of benzene rings is 1. The molecule has 0 radical (unpaired) electrons. The van der Waals surface area contributed by atoms with Crippen molar-refractivity contribution in [2.24, 2.45) is 0 Å². The highest BCUT2D eigenvalue weighted by Crippen LogP contribution is 2.35. The van der Waals surface area contributed by atoms with E-state index in [1.807, 2.05) is 11.0 Å². The molecule has 28 heavy (non-hydrogen) atoms. The van der Waals surface area contributed by atoms with Crippen molar-refractivity contribution in [3.8, 4) is 0 Å². The molecule has 2 aliphatic heterocycles. The Labute approximate surface area is 171 Å². The molecule has 2 heterocycles. The first-order valence-corrected chi connectivity index (χ1v) is 9.85. The summed E-state index contributed by atoms with van der Waals surface area (Å²) in [6, 6.07) is 5.28. The maximum absolute atomic E-state index is 11.9. The van der Waals surface area contributed by atoms with Crippen LogP contribution in [0.1, 0.15) is 18.9 Å². The van der Waals surface area contributed by atoms with Crippen molar-refractivity contribution in [2.75, 3.05) is 24.5 Å². The lowest BCUT2D eigenvalue weighted by atomic mass is 10.1. The molecular weight excluding hydrogens is 404 g/mol. The second kappa shape index (κ2) is 8.66. The number of amides is 4. The summed E-state index contributed by atoms with van der Waals surface area (Å²) in [5.41, 5.74) is 1.48. The van der Waals surface area contributed by atoms with E-state index in [2.05, 4.69) is 16.0 Å². The molecule has 0 aliphatic carbocycles. The van der Waals surface area contributed by atoms with Gasteiger partial charge in [-0.05, 0) is 30.3 Å². The number of hydrogen-bond donors (Lipinski definition) is 3. The molecule has 0 bridgehead atoms. The summed E-state index contributed by atoms with van der Waals surface area (Å²) in [6.07, 6.45) is 2.37. The quantitative estimate of drug-likeness (QED) is 0.620. The number of imide groups is 1. The molecular formula is C18H19ClN4O4S. The summed E-state index contributed by atoms with van der Waals surface area (Å²) in [5.74, 6) is -0.934. The van der Waals surface area contributed by atoms with Gasteiger partial charge in [-0.3, -0.25) is 24.5 Å². The van der Waals surface area contributed by atoms with Gasteiger partial charge in [-0.2, -0.15) is 0 Å². The zero-order valence-corrected chi connectivity index (χ0v) is 16.7. The van der Waals surface area contributed by atoms with Gasteiger partial charge >= 0.3 is 0 Å². The number of nitrogens with one attached hydrogen (secondary N) is 3. The number of anilines is 1. The van der Waals surface area contributed by atoms with Crippen LogP contribution in [0.25, 0.3) is 6.08 Å². The van der Waals surface area contributed by atoms with Crippen molar-refractivity contribution < 1.29 is 19.2 Å². The van der Waals surface area contributed by atoms with E-state index in [1.165, 1.54) is 6.92 Å². The molecule has 10 heteroatoms. The average molecular weight is 423 g/mol. The van der Waals surface area contributed by atoms with Gasteiger partial charge in [-0.25, -0.2) is 0 Å². The smallest absolute Gasteiger partial charge is 0.290 e. The van der Waals surface area contributed by atoms with Gasteiger partial charge in [0.1, 0.15) is 0 Å². The predicted molar refractivity (Wildman–Crippen MR) is 108 cm³/mol. The standard InChI is InChI=1S/C18H19ClN4O4S/c1-10(24)20-8-15(25)21-12-5-6-23(9-12)16-11(3-2-4-13(16)19)7-14-17(26)22-18(27)28-14/h2-4,7,12H,5-6,8-9H2,1H3,(H,20,24)(H,21,25)(H,22,26,27)/b14-7-/t12-/m0/s1. The number of carbonyl (C=O) groups excluding carboxylic acids is 4. The SMILES string of the molecule is CC(=O)NCC(=O)N[C@H]1CCN(c2c(Cl)cccc2/C=C2\SC(=O)NC2=O)C1. The highest BCUT2D eigenvalue weighted by atomic mass is 35.5. The lowest BCUT2D eigenvalue weighted by molar-refractivity contribution is -0.125. The van der Waals surface area contributed by atoms with Crippen LogP contribution in [0.5, 0.6) is 0 Å². The number of nitrogens with zero attached hydrogens (tertiary/aromatic N) is 1. The normalized spacial score (nSPS) is 20.4. The number of halogens is 1. The molecule has 1 aromatic rings. The zero-order chi connectivity index (χ0) is 20.3. The van der Waals surface area contributed by atoms with Crippen LogP contribution in [0.3, 0.4) is 0 Å². The second-order valence-electron chi connectivity index (χ2n) is 6.44. The van der Waals surface area contributed by atoms with Crippen molar-refractivity contribution in [1.82, 2.24) is 16.0 Å². The van der Waals surface area contributed by atoms with E-state index in [-0.39, 0.29) is 24.4 Å². The highest BCUT2D eigenvalue weighted by molar-refractivity contribution is 8.18. The number of thioether (sulfide) groups is 1. The number of hydrogen-bond acceptors (Lipinski definition) is 6. The molecule has 2 aliphatic rings. The highest BCUT2D eigenvalue weighted by Gasteiger charge is 2.29. The van der Waals surface area contributed by atoms with Crippen LogP contribution in [0.15, 0.2) is 23.1 Å². The lowest BCUT2D eigenvalue weighted by Crippen LogP contribution is -2.42. The third kappa shape index (κ3) is 4.85. The maximum atomic E-state index is 11.9. The third-order valence-electron chi connectivity index (χ3n) is 4.31. The molecule has 148 valence electrons. The summed E-state index contributed by atoms with van der Waals surface area (Å²) in [5, 5.41) is 7.71. The van der Waals surface area contributed by atoms with Crippen LogP contribution >= 0.6 is 23.4 Å². The van der Waals surface area contributed by atoms with Crippen LogP contribution in [0, 0.1) is 0 Å². The maximum Gasteiger partial charge on any atom is 0.290 e.